The summed E-state index contributed by atoms with van der Waals surface area (Å²) in [6, 6.07) is 22.9. The first-order valence-corrected chi connectivity index (χ1v) is 12.4. The van der Waals surface area contributed by atoms with Crippen molar-refractivity contribution in [3.8, 4) is 0 Å². The third-order valence-electron chi connectivity index (χ3n) is 6.64. The zero-order valence-corrected chi connectivity index (χ0v) is 20.6. The van der Waals surface area contributed by atoms with Crippen LogP contribution in [-0.4, -0.2) is 57.2 Å². The third-order valence-corrected chi connectivity index (χ3v) is 6.64. The van der Waals surface area contributed by atoms with Crippen LogP contribution in [0.1, 0.15) is 37.7 Å². The van der Waals surface area contributed by atoms with E-state index < -0.39 is 5.60 Å². The average molecular weight is 488 g/mol. The van der Waals surface area contributed by atoms with Crippen LogP contribution in [-0.2, 0) is 11.3 Å². The lowest BCUT2D eigenvalue weighted by Crippen LogP contribution is -2.49. The van der Waals surface area contributed by atoms with E-state index in [0.717, 1.165) is 11.3 Å². The summed E-state index contributed by atoms with van der Waals surface area (Å²) in [5.74, 6) is 0.726. The Bertz CT molecular complexity index is 1170. The Kier molecular flexibility index (Phi) is 8.24. The molecule has 1 fully saturated rings. The predicted molar refractivity (Wildman–Crippen MR) is 140 cm³/mol. The molecule has 188 valence electrons. The summed E-state index contributed by atoms with van der Waals surface area (Å²) in [5.41, 5.74) is 0.730. The Balaban J connectivity index is 1.23. The number of nitrogens with one attached hydrogen (secondary N) is 2. The molecule has 0 spiro atoms. The van der Waals surface area contributed by atoms with Crippen molar-refractivity contribution in [3.63, 3.8) is 0 Å². The Hall–Kier alpha value is -3.83. The molecule has 1 aliphatic rings. The molecule has 1 atom stereocenters. The maximum absolute atomic E-state index is 12.8. The highest BCUT2D eigenvalue weighted by atomic mass is 16.3. The van der Waals surface area contributed by atoms with Crippen LogP contribution in [0.15, 0.2) is 65.7 Å². The number of amides is 1. The van der Waals surface area contributed by atoms with Gasteiger partial charge in [0.15, 0.2) is 0 Å². The molecule has 0 aliphatic carbocycles. The van der Waals surface area contributed by atoms with Gasteiger partial charge in [0.25, 0.3) is 5.56 Å². The molecule has 4 rings (SSSR count). The SMILES string of the molecule is C[C@H](CC(=O)N1CCC(O)(Cn2cnc(NCCNc3c#cccc3)cc2=O)CC1)c1ccccc1. The van der Waals surface area contributed by atoms with Gasteiger partial charge in [-0.1, -0.05) is 49.4 Å². The van der Waals surface area contributed by atoms with E-state index >= 15 is 0 Å². The van der Waals surface area contributed by atoms with E-state index in [4.69, 9.17) is 0 Å². The Labute approximate surface area is 212 Å². The minimum atomic E-state index is -1.05. The molecule has 3 aromatic rings. The number of nitrogens with zero attached hydrogens (tertiary/aromatic N) is 3. The largest absolute Gasteiger partial charge is 0.388 e. The molecule has 1 saturated heterocycles. The zero-order chi connectivity index (χ0) is 25.4. The van der Waals surface area contributed by atoms with Gasteiger partial charge in [0, 0.05) is 38.7 Å². The summed E-state index contributed by atoms with van der Waals surface area (Å²) >= 11 is 0. The molecule has 1 aliphatic heterocycles. The van der Waals surface area contributed by atoms with Gasteiger partial charge in [-0.3, -0.25) is 14.2 Å². The van der Waals surface area contributed by atoms with Gasteiger partial charge in [-0.05, 0) is 42.5 Å². The van der Waals surface area contributed by atoms with Gasteiger partial charge in [0.2, 0.25) is 5.91 Å². The van der Waals surface area contributed by atoms with Gasteiger partial charge in [-0.2, -0.15) is 0 Å². The predicted octanol–water partition coefficient (Wildman–Crippen LogP) is 2.91. The number of hydrogen-bond acceptors (Lipinski definition) is 6. The number of carbonyl (C=O) groups excluding carboxylic acids is 1. The first kappa shape index (κ1) is 25.3. The van der Waals surface area contributed by atoms with E-state index in [1.54, 1.807) is 6.07 Å². The maximum atomic E-state index is 12.8. The van der Waals surface area contributed by atoms with Crippen LogP contribution in [0, 0.1) is 12.1 Å². The van der Waals surface area contributed by atoms with Crippen molar-refractivity contribution in [2.45, 2.75) is 44.2 Å². The van der Waals surface area contributed by atoms with Gasteiger partial charge in [-0.15, -0.1) is 0 Å². The highest BCUT2D eigenvalue weighted by molar-refractivity contribution is 5.77. The minimum absolute atomic E-state index is 0.0976. The van der Waals surface area contributed by atoms with Gasteiger partial charge in [0.1, 0.15) is 5.82 Å². The lowest BCUT2D eigenvalue weighted by atomic mass is 9.90. The number of benzene rings is 1. The molecule has 2 aromatic carbocycles. The molecule has 0 unspecified atom stereocenters. The Morgan fingerprint density at radius 3 is 2.58 bits per heavy atom. The van der Waals surface area contributed by atoms with Crippen molar-refractivity contribution in [3.05, 3.63) is 89.0 Å². The molecule has 1 aromatic heterocycles. The van der Waals surface area contributed by atoms with Gasteiger partial charge >= 0.3 is 0 Å². The van der Waals surface area contributed by atoms with Crippen LogP contribution < -0.4 is 16.2 Å². The first-order valence-electron chi connectivity index (χ1n) is 12.4. The molecule has 8 nitrogen and oxygen atoms in total. The highest BCUT2D eigenvalue weighted by Gasteiger charge is 2.34. The van der Waals surface area contributed by atoms with Crippen molar-refractivity contribution in [1.29, 1.82) is 0 Å². The summed E-state index contributed by atoms with van der Waals surface area (Å²) in [6.45, 7) is 4.38. The minimum Gasteiger partial charge on any atom is -0.388 e. The van der Waals surface area contributed by atoms with Crippen molar-refractivity contribution in [1.82, 2.24) is 14.5 Å². The summed E-state index contributed by atoms with van der Waals surface area (Å²) in [7, 11) is 0. The van der Waals surface area contributed by atoms with E-state index in [1.165, 1.54) is 17.0 Å². The average Bonchev–Trinajstić information content (AvgIpc) is 2.89. The second kappa shape index (κ2) is 11.7. The standard InChI is InChI=1S/C28H33N5O3/c1-22(23-8-4-2-5-9-23)18-26(34)32-16-12-28(36,13-17-32)20-33-21-31-25(19-27(33)35)30-15-14-29-24-10-6-3-7-11-24/h2-6,8-10,19,21-22,29-30,36H,12-18,20H2,1H3/t22-/m1/s1. The molecule has 3 N–H and O–H groups in total. The van der Waals surface area contributed by atoms with Crippen LogP contribution in [0.3, 0.4) is 0 Å². The molecule has 36 heavy (non-hydrogen) atoms. The number of piperidine rings is 1. The zero-order valence-electron chi connectivity index (χ0n) is 20.6. The topological polar surface area (TPSA) is 99.5 Å². The van der Waals surface area contributed by atoms with Crippen LogP contribution in [0.25, 0.3) is 0 Å². The van der Waals surface area contributed by atoms with Crippen LogP contribution >= 0.6 is 0 Å². The van der Waals surface area contributed by atoms with E-state index in [2.05, 4.69) is 34.7 Å². The smallest absolute Gasteiger partial charge is 0.255 e. The van der Waals surface area contributed by atoms with Crippen molar-refractivity contribution < 1.29 is 9.90 Å². The summed E-state index contributed by atoms with van der Waals surface area (Å²) in [5, 5.41) is 17.4. The van der Waals surface area contributed by atoms with E-state index in [9.17, 15) is 14.7 Å². The van der Waals surface area contributed by atoms with Gasteiger partial charge in [-0.25, -0.2) is 4.98 Å². The van der Waals surface area contributed by atoms with Crippen LogP contribution in [0.4, 0.5) is 11.5 Å². The lowest BCUT2D eigenvalue weighted by molar-refractivity contribution is -0.136. The first-order chi connectivity index (χ1) is 17.4. The Morgan fingerprint density at radius 2 is 1.89 bits per heavy atom. The number of hydrogen-bond donors (Lipinski definition) is 3. The van der Waals surface area contributed by atoms with E-state index in [1.807, 2.05) is 47.4 Å². The number of likely N-dealkylation sites (tertiary alicyclic amines) is 1. The molecule has 2 heterocycles. The fourth-order valence-corrected chi connectivity index (χ4v) is 4.42. The fourth-order valence-electron chi connectivity index (χ4n) is 4.42. The normalized spacial score (nSPS) is 15.6. The van der Waals surface area contributed by atoms with E-state index in [0.29, 0.717) is 51.3 Å². The molecule has 1 amide bonds. The maximum Gasteiger partial charge on any atom is 0.255 e. The van der Waals surface area contributed by atoms with Crippen LogP contribution in [0.5, 0.6) is 0 Å². The molecular weight excluding hydrogens is 454 g/mol. The second-order valence-electron chi connectivity index (χ2n) is 9.42. The molecule has 0 saturated carbocycles. The highest BCUT2D eigenvalue weighted by Crippen LogP contribution is 2.26. The van der Waals surface area contributed by atoms with Crippen molar-refractivity contribution in [2.24, 2.45) is 0 Å². The van der Waals surface area contributed by atoms with Crippen molar-refractivity contribution >= 4 is 17.4 Å². The quantitative estimate of drug-likeness (QED) is 0.381. The lowest BCUT2D eigenvalue weighted by Gasteiger charge is -2.38. The number of carbonyl (C=O) groups is 1. The van der Waals surface area contributed by atoms with Gasteiger partial charge in [0.05, 0.1) is 24.2 Å². The summed E-state index contributed by atoms with van der Waals surface area (Å²) in [4.78, 5) is 31.6. The second-order valence-corrected chi connectivity index (χ2v) is 9.42. The Morgan fingerprint density at radius 1 is 1.14 bits per heavy atom. The number of rotatable bonds is 10. The number of aromatic nitrogens is 2. The van der Waals surface area contributed by atoms with Crippen molar-refractivity contribution in [2.75, 3.05) is 36.8 Å². The molecule has 0 bridgehead atoms. The summed E-state index contributed by atoms with van der Waals surface area (Å²) < 4.78 is 1.44. The molecular formula is C28H33N5O3. The number of anilines is 2. The number of aliphatic hydroxyl groups is 1. The van der Waals surface area contributed by atoms with E-state index in [-0.39, 0.29) is 23.9 Å². The van der Waals surface area contributed by atoms with Gasteiger partial charge < -0.3 is 20.6 Å². The summed E-state index contributed by atoms with van der Waals surface area (Å²) in [6.07, 6.45) is 2.75. The molecule has 0 radical (unpaired) electrons. The third kappa shape index (κ3) is 6.86. The monoisotopic (exact) mass is 487 g/mol. The fraction of sp³-hybridized carbons (Fsp3) is 0.393. The molecule has 8 heteroatoms. The van der Waals surface area contributed by atoms with Crippen LogP contribution in [0.2, 0.25) is 0 Å².